The summed E-state index contributed by atoms with van der Waals surface area (Å²) in [6.45, 7) is 1.83. The van der Waals surface area contributed by atoms with Crippen molar-refractivity contribution in [3.8, 4) is 0 Å². The van der Waals surface area contributed by atoms with Crippen LogP contribution < -0.4 is 0 Å². The number of nitrogens with zero attached hydrogens (tertiary/aromatic N) is 1. The zero-order chi connectivity index (χ0) is 10.5. The van der Waals surface area contributed by atoms with Crippen molar-refractivity contribution in [2.24, 2.45) is 0 Å². The summed E-state index contributed by atoms with van der Waals surface area (Å²) in [7, 11) is 0. The second-order valence-corrected chi connectivity index (χ2v) is 4.07. The number of rotatable bonds is 3. The molecule has 1 amide bonds. The van der Waals surface area contributed by atoms with E-state index in [9.17, 15) is 4.79 Å². The van der Waals surface area contributed by atoms with Crippen LogP contribution in [0.15, 0.2) is 30.3 Å². The Balaban J connectivity index is 1.85. The van der Waals surface area contributed by atoms with E-state index in [1.54, 1.807) is 0 Å². The Morgan fingerprint density at radius 1 is 1.13 bits per heavy atom. The maximum atomic E-state index is 11.5. The molecule has 0 spiro atoms. The summed E-state index contributed by atoms with van der Waals surface area (Å²) in [6.07, 6.45) is 3.96. The molecule has 1 fully saturated rings. The molecular weight excluding hydrogens is 186 g/mol. The zero-order valence-corrected chi connectivity index (χ0v) is 8.98. The molecule has 0 atom stereocenters. The third kappa shape index (κ3) is 2.82. The van der Waals surface area contributed by atoms with Crippen LogP contribution in [0.3, 0.4) is 0 Å². The van der Waals surface area contributed by atoms with Crippen molar-refractivity contribution in [2.45, 2.75) is 25.7 Å². The Morgan fingerprint density at radius 3 is 2.67 bits per heavy atom. The zero-order valence-electron chi connectivity index (χ0n) is 8.98. The van der Waals surface area contributed by atoms with Gasteiger partial charge in [0.25, 0.3) is 0 Å². The molecule has 0 saturated carbocycles. The van der Waals surface area contributed by atoms with Gasteiger partial charge >= 0.3 is 0 Å². The highest BCUT2D eigenvalue weighted by atomic mass is 16.2. The summed E-state index contributed by atoms with van der Waals surface area (Å²) < 4.78 is 0. The standard InChI is InChI=1S/C13H17NO/c15-13-8-4-5-10-14(13)11-9-12-6-2-1-3-7-12/h1-3,6-7H,4-5,8-11H2. The first kappa shape index (κ1) is 10.2. The summed E-state index contributed by atoms with van der Waals surface area (Å²) in [4.78, 5) is 13.5. The molecule has 1 aliphatic rings. The van der Waals surface area contributed by atoms with Crippen LogP contribution in [0.2, 0.25) is 0 Å². The van der Waals surface area contributed by atoms with E-state index < -0.39 is 0 Å². The van der Waals surface area contributed by atoms with Gasteiger partial charge in [-0.1, -0.05) is 30.3 Å². The summed E-state index contributed by atoms with van der Waals surface area (Å²) in [5.41, 5.74) is 1.32. The lowest BCUT2D eigenvalue weighted by Crippen LogP contribution is -2.36. The normalized spacial score (nSPS) is 16.8. The average Bonchev–Trinajstić information content (AvgIpc) is 2.29. The third-order valence-electron chi connectivity index (χ3n) is 2.93. The van der Waals surface area contributed by atoms with E-state index in [1.807, 2.05) is 23.1 Å². The van der Waals surface area contributed by atoms with Crippen LogP contribution in [0, 0.1) is 0 Å². The van der Waals surface area contributed by atoms with E-state index in [1.165, 1.54) is 12.0 Å². The molecule has 2 rings (SSSR count). The SMILES string of the molecule is O=C1CCCCN1CCc1ccccc1. The van der Waals surface area contributed by atoms with E-state index >= 15 is 0 Å². The molecule has 80 valence electrons. The predicted octanol–water partition coefficient (Wildman–Crippen LogP) is 2.24. The van der Waals surface area contributed by atoms with Crippen molar-refractivity contribution >= 4 is 5.91 Å². The predicted molar refractivity (Wildman–Crippen MR) is 60.6 cm³/mol. The number of benzene rings is 1. The van der Waals surface area contributed by atoms with Crippen molar-refractivity contribution < 1.29 is 4.79 Å². The lowest BCUT2D eigenvalue weighted by atomic mass is 10.1. The minimum Gasteiger partial charge on any atom is -0.342 e. The van der Waals surface area contributed by atoms with Gasteiger partial charge < -0.3 is 4.90 Å². The maximum absolute atomic E-state index is 11.5. The van der Waals surface area contributed by atoms with E-state index in [0.29, 0.717) is 5.91 Å². The highest BCUT2D eigenvalue weighted by Crippen LogP contribution is 2.11. The quantitative estimate of drug-likeness (QED) is 0.737. The van der Waals surface area contributed by atoms with E-state index in [-0.39, 0.29) is 0 Å². The Morgan fingerprint density at radius 2 is 1.93 bits per heavy atom. The molecule has 1 aromatic carbocycles. The molecule has 0 bridgehead atoms. The molecule has 1 heterocycles. The molecule has 2 heteroatoms. The number of likely N-dealkylation sites (tertiary alicyclic amines) is 1. The molecule has 15 heavy (non-hydrogen) atoms. The summed E-state index contributed by atoms with van der Waals surface area (Å²) in [6, 6.07) is 10.4. The van der Waals surface area contributed by atoms with Gasteiger partial charge in [-0.25, -0.2) is 0 Å². The fourth-order valence-electron chi connectivity index (χ4n) is 2.01. The lowest BCUT2D eigenvalue weighted by molar-refractivity contribution is -0.133. The van der Waals surface area contributed by atoms with Crippen LogP contribution in [0.1, 0.15) is 24.8 Å². The van der Waals surface area contributed by atoms with Crippen molar-refractivity contribution in [3.63, 3.8) is 0 Å². The first-order valence-corrected chi connectivity index (χ1v) is 5.68. The van der Waals surface area contributed by atoms with Crippen molar-refractivity contribution in [2.75, 3.05) is 13.1 Å². The van der Waals surface area contributed by atoms with E-state index in [2.05, 4.69) is 12.1 Å². The fourth-order valence-corrected chi connectivity index (χ4v) is 2.01. The Bertz CT molecular complexity index is 321. The van der Waals surface area contributed by atoms with E-state index in [4.69, 9.17) is 0 Å². The minimum absolute atomic E-state index is 0.331. The first-order chi connectivity index (χ1) is 7.36. The maximum Gasteiger partial charge on any atom is 0.222 e. The van der Waals surface area contributed by atoms with Crippen LogP contribution in [0.25, 0.3) is 0 Å². The molecule has 0 radical (unpaired) electrons. The largest absolute Gasteiger partial charge is 0.342 e. The number of carbonyl (C=O) groups is 1. The summed E-state index contributed by atoms with van der Waals surface area (Å²) >= 11 is 0. The molecule has 1 aromatic rings. The van der Waals surface area contributed by atoms with Gasteiger partial charge in [0.15, 0.2) is 0 Å². The Kier molecular flexibility index (Phi) is 3.38. The average molecular weight is 203 g/mol. The molecule has 1 saturated heterocycles. The second kappa shape index (κ2) is 4.96. The highest BCUT2D eigenvalue weighted by molar-refractivity contribution is 5.76. The molecule has 0 unspecified atom stereocenters. The van der Waals surface area contributed by atoms with Crippen LogP contribution >= 0.6 is 0 Å². The van der Waals surface area contributed by atoms with Gasteiger partial charge in [-0.05, 0) is 24.8 Å². The lowest BCUT2D eigenvalue weighted by Gasteiger charge is -2.26. The number of hydrogen-bond acceptors (Lipinski definition) is 1. The molecule has 0 aromatic heterocycles. The molecule has 0 N–H and O–H groups in total. The number of carbonyl (C=O) groups excluding carboxylic acids is 1. The molecule has 2 nitrogen and oxygen atoms in total. The van der Waals surface area contributed by atoms with Gasteiger partial charge in [-0.15, -0.1) is 0 Å². The molecule has 0 aliphatic carbocycles. The molecular formula is C13H17NO. The Hall–Kier alpha value is -1.31. The van der Waals surface area contributed by atoms with Crippen LogP contribution in [0.5, 0.6) is 0 Å². The minimum atomic E-state index is 0.331. The van der Waals surface area contributed by atoms with Gasteiger partial charge in [0.05, 0.1) is 0 Å². The first-order valence-electron chi connectivity index (χ1n) is 5.68. The van der Waals surface area contributed by atoms with Gasteiger partial charge in [0, 0.05) is 19.5 Å². The van der Waals surface area contributed by atoms with Crippen molar-refractivity contribution in [1.29, 1.82) is 0 Å². The summed E-state index contributed by atoms with van der Waals surface area (Å²) in [5, 5.41) is 0. The van der Waals surface area contributed by atoms with Crippen molar-refractivity contribution in [1.82, 2.24) is 4.90 Å². The third-order valence-corrected chi connectivity index (χ3v) is 2.93. The smallest absolute Gasteiger partial charge is 0.222 e. The second-order valence-electron chi connectivity index (χ2n) is 4.07. The number of amides is 1. The van der Waals surface area contributed by atoms with Crippen LogP contribution in [0.4, 0.5) is 0 Å². The van der Waals surface area contributed by atoms with Crippen LogP contribution in [-0.4, -0.2) is 23.9 Å². The highest BCUT2D eigenvalue weighted by Gasteiger charge is 2.16. The van der Waals surface area contributed by atoms with Gasteiger partial charge in [-0.2, -0.15) is 0 Å². The van der Waals surface area contributed by atoms with Crippen LogP contribution in [-0.2, 0) is 11.2 Å². The number of hydrogen-bond donors (Lipinski definition) is 0. The van der Waals surface area contributed by atoms with Gasteiger partial charge in [0.1, 0.15) is 0 Å². The van der Waals surface area contributed by atoms with E-state index in [0.717, 1.165) is 32.4 Å². The molecule has 1 aliphatic heterocycles. The van der Waals surface area contributed by atoms with Crippen molar-refractivity contribution in [3.05, 3.63) is 35.9 Å². The Labute approximate surface area is 90.9 Å². The van der Waals surface area contributed by atoms with Gasteiger partial charge in [0.2, 0.25) is 5.91 Å². The fraction of sp³-hybridized carbons (Fsp3) is 0.462. The topological polar surface area (TPSA) is 20.3 Å². The van der Waals surface area contributed by atoms with Gasteiger partial charge in [-0.3, -0.25) is 4.79 Å². The summed E-state index contributed by atoms with van der Waals surface area (Å²) in [5.74, 6) is 0.331. The monoisotopic (exact) mass is 203 g/mol. The number of piperidine rings is 1.